The van der Waals surface area contributed by atoms with Crippen molar-refractivity contribution >= 4 is 5.97 Å². The average molecular weight is 208 g/mol. The van der Waals surface area contributed by atoms with Gasteiger partial charge in [0.05, 0.1) is 0 Å². The lowest BCUT2D eigenvalue weighted by molar-refractivity contribution is -0.305. The maximum Gasteiger partial charge on any atom is 0.575 e. The smallest absolute Gasteiger partial charge is 0.369 e. The van der Waals surface area contributed by atoms with Gasteiger partial charge in [-0.25, -0.2) is 4.79 Å². The first-order valence-electron chi connectivity index (χ1n) is 2.60. The molecule has 0 spiro atoms. The predicted molar refractivity (Wildman–Crippen MR) is 27.3 cm³/mol. The Labute approximate surface area is 67.8 Å². The minimum atomic E-state index is -5.44. The Morgan fingerprint density at radius 3 is 1.69 bits per heavy atom. The summed E-state index contributed by atoms with van der Waals surface area (Å²) in [4.78, 5) is 10.0. The van der Waals surface area contributed by atoms with Gasteiger partial charge >= 0.3 is 18.5 Å². The van der Waals surface area contributed by atoms with Crippen LogP contribution in [0, 0.1) is 0 Å². The molecule has 0 unspecified atom stereocenters. The van der Waals surface area contributed by atoms with Crippen LogP contribution in [0.1, 0.15) is 0 Å². The van der Waals surface area contributed by atoms with Gasteiger partial charge < -0.3 is 4.74 Å². The zero-order valence-electron chi connectivity index (χ0n) is 5.79. The number of ether oxygens (including phenoxy) is 1. The van der Waals surface area contributed by atoms with Crippen LogP contribution in [0.4, 0.5) is 26.3 Å². The van der Waals surface area contributed by atoms with Crippen molar-refractivity contribution < 1.29 is 35.9 Å². The van der Waals surface area contributed by atoms with Gasteiger partial charge in [-0.2, -0.15) is 13.2 Å². The third kappa shape index (κ3) is 4.38. The van der Waals surface area contributed by atoms with Gasteiger partial charge in [0.15, 0.2) is 0 Å². The molecule has 76 valence electrons. The highest BCUT2D eigenvalue weighted by atomic mass is 19.4. The van der Waals surface area contributed by atoms with Crippen molar-refractivity contribution in [1.82, 2.24) is 0 Å². The second kappa shape index (κ2) is 3.27. The van der Waals surface area contributed by atoms with Crippen LogP contribution < -0.4 is 0 Å². The molecule has 0 aliphatic rings. The summed E-state index contributed by atoms with van der Waals surface area (Å²) in [5.74, 6) is -2.56. The van der Waals surface area contributed by atoms with Crippen molar-refractivity contribution in [2.24, 2.45) is 0 Å². The third-order valence-corrected chi connectivity index (χ3v) is 0.797. The first-order chi connectivity index (χ1) is 5.54. The van der Waals surface area contributed by atoms with Crippen LogP contribution in [0.3, 0.4) is 0 Å². The Kier molecular flexibility index (Phi) is 2.96. The van der Waals surface area contributed by atoms with Gasteiger partial charge in [-0.1, -0.05) is 6.58 Å². The van der Waals surface area contributed by atoms with E-state index in [0.717, 1.165) is 0 Å². The monoisotopic (exact) mass is 208 g/mol. The van der Waals surface area contributed by atoms with E-state index in [4.69, 9.17) is 0 Å². The second-order valence-corrected chi connectivity index (χ2v) is 1.81. The lowest BCUT2D eigenvalue weighted by Gasteiger charge is -2.10. The molecule has 0 aromatic heterocycles. The van der Waals surface area contributed by atoms with Gasteiger partial charge in [-0.3, -0.25) is 0 Å². The lowest BCUT2D eigenvalue weighted by atomic mass is 10.3. The van der Waals surface area contributed by atoms with E-state index in [-0.39, 0.29) is 0 Å². The van der Waals surface area contributed by atoms with Gasteiger partial charge in [0, 0.05) is 0 Å². The standard InChI is InChI=1S/C5H2F6O2/c1-2(4(6,7)8)3(12)13-5(9,10)11/h1H2. The van der Waals surface area contributed by atoms with Crippen LogP contribution in [0.25, 0.3) is 0 Å². The molecular formula is C5H2F6O2. The molecule has 0 rings (SSSR count). The molecule has 0 aromatic rings. The van der Waals surface area contributed by atoms with Crippen LogP contribution in [0.5, 0.6) is 0 Å². The zero-order chi connectivity index (χ0) is 10.9. The number of hydrogen-bond donors (Lipinski definition) is 0. The minimum absolute atomic E-state index is 2.11. The van der Waals surface area contributed by atoms with E-state index >= 15 is 0 Å². The Balaban J connectivity index is 4.40. The number of hydrogen-bond acceptors (Lipinski definition) is 2. The molecule has 0 saturated carbocycles. The predicted octanol–water partition coefficient (Wildman–Crippen LogP) is 2.17. The fourth-order valence-corrected chi connectivity index (χ4v) is 0.282. The Morgan fingerprint density at radius 2 is 1.46 bits per heavy atom. The van der Waals surface area contributed by atoms with E-state index in [1.165, 1.54) is 0 Å². The maximum atomic E-state index is 11.5. The second-order valence-electron chi connectivity index (χ2n) is 1.81. The molecule has 13 heavy (non-hydrogen) atoms. The maximum absolute atomic E-state index is 11.5. The molecule has 0 bridgehead atoms. The Bertz CT molecular complexity index is 224. The zero-order valence-corrected chi connectivity index (χ0v) is 5.79. The molecule has 0 N–H and O–H groups in total. The molecule has 0 aromatic carbocycles. The highest BCUT2D eigenvalue weighted by Crippen LogP contribution is 2.27. The van der Waals surface area contributed by atoms with Gasteiger partial charge in [0.1, 0.15) is 5.57 Å². The summed E-state index contributed by atoms with van der Waals surface area (Å²) in [7, 11) is 0. The molecule has 0 amide bonds. The van der Waals surface area contributed by atoms with Crippen molar-refractivity contribution in [3.05, 3.63) is 12.2 Å². The van der Waals surface area contributed by atoms with Crippen molar-refractivity contribution in [2.45, 2.75) is 12.5 Å². The van der Waals surface area contributed by atoms with E-state index in [0.29, 0.717) is 0 Å². The SMILES string of the molecule is C=C(C(=O)OC(F)(F)F)C(F)(F)F. The van der Waals surface area contributed by atoms with Crippen LogP contribution >= 0.6 is 0 Å². The van der Waals surface area contributed by atoms with E-state index in [1.807, 2.05) is 0 Å². The molecule has 8 heteroatoms. The fraction of sp³-hybridized carbons (Fsp3) is 0.400. The van der Waals surface area contributed by atoms with Crippen LogP contribution in [-0.4, -0.2) is 18.5 Å². The summed E-state index contributed by atoms with van der Waals surface area (Å²) in [6, 6.07) is 0. The highest BCUT2D eigenvalue weighted by molar-refractivity contribution is 5.89. The van der Waals surface area contributed by atoms with Crippen molar-refractivity contribution in [3.63, 3.8) is 0 Å². The average Bonchev–Trinajstić information content (AvgIpc) is 1.79. The summed E-state index contributed by atoms with van der Waals surface area (Å²) in [5.41, 5.74) is -2.20. The van der Waals surface area contributed by atoms with Gasteiger partial charge in [-0.15, -0.1) is 13.2 Å². The Morgan fingerprint density at radius 1 is 1.08 bits per heavy atom. The topological polar surface area (TPSA) is 26.3 Å². The first-order valence-corrected chi connectivity index (χ1v) is 2.60. The number of esters is 1. The molecule has 0 heterocycles. The summed E-state index contributed by atoms with van der Waals surface area (Å²) in [6.07, 6.45) is -10.7. The number of alkyl halides is 6. The highest BCUT2D eigenvalue weighted by Gasteiger charge is 2.43. The molecular weight excluding hydrogens is 206 g/mol. The molecule has 0 aliphatic heterocycles. The van der Waals surface area contributed by atoms with Gasteiger partial charge in [-0.05, 0) is 0 Å². The minimum Gasteiger partial charge on any atom is -0.369 e. The largest absolute Gasteiger partial charge is 0.575 e. The van der Waals surface area contributed by atoms with Crippen molar-refractivity contribution in [2.75, 3.05) is 0 Å². The van der Waals surface area contributed by atoms with E-state index in [1.54, 1.807) is 0 Å². The van der Waals surface area contributed by atoms with Crippen LogP contribution in [0.15, 0.2) is 12.2 Å². The number of carbonyl (C=O) groups is 1. The quantitative estimate of drug-likeness (QED) is 0.375. The summed E-state index contributed by atoms with van der Waals surface area (Å²) in [5, 5.41) is 0. The van der Waals surface area contributed by atoms with Crippen LogP contribution in [0.2, 0.25) is 0 Å². The normalized spacial score (nSPS) is 12.5. The molecule has 0 aliphatic carbocycles. The summed E-state index contributed by atoms with van der Waals surface area (Å²) >= 11 is 0. The number of rotatable bonds is 1. The molecule has 0 atom stereocenters. The number of halogens is 6. The van der Waals surface area contributed by atoms with Gasteiger partial charge in [0.25, 0.3) is 0 Å². The number of carbonyl (C=O) groups excluding carboxylic acids is 1. The summed E-state index contributed by atoms with van der Waals surface area (Å²) < 4.78 is 70.6. The van der Waals surface area contributed by atoms with Gasteiger partial charge in [0.2, 0.25) is 0 Å². The first kappa shape index (κ1) is 11.8. The molecule has 0 saturated heterocycles. The fourth-order valence-electron chi connectivity index (χ4n) is 0.282. The van der Waals surface area contributed by atoms with E-state index in [2.05, 4.69) is 11.3 Å². The molecule has 2 nitrogen and oxygen atoms in total. The van der Waals surface area contributed by atoms with Crippen molar-refractivity contribution in [3.8, 4) is 0 Å². The summed E-state index contributed by atoms with van der Waals surface area (Å²) in [6.45, 7) is 2.11. The lowest BCUT2D eigenvalue weighted by Crippen LogP contribution is -2.26. The van der Waals surface area contributed by atoms with Crippen LogP contribution in [-0.2, 0) is 9.53 Å². The van der Waals surface area contributed by atoms with E-state index in [9.17, 15) is 31.1 Å². The van der Waals surface area contributed by atoms with E-state index < -0.39 is 24.1 Å². The Hall–Kier alpha value is -1.21. The third-order valence-electron chi connectivity index (χ3n) is 0.797. The molecule has 0 radical (unpaired) electrons. The van der Waals surface area contributed by atoms with Crippen molar-refractivity contribution in [1.29, 1.82) is 0 Å². The molecule has 0 fully saturated rings.